The molecule has 4 aromatic rings. The molecule has 0 fully saturated rings. The second-order valence-electron chi connectivity index (χ2n) is 5.24. The van der Waals surface area contributed by atoms with Crippen LogP contribution in [-0.2, 0) is 6.37 Å². The van der Waals surface area contributed by atoms with Crippen LogP contribution in [0.15, 0.2) is 60.7 Å². The van der Waals surface area contributed by atoms with Crippen molar-refractivity contribution in [3.05, 3.63) is 71.9 Å². The van der Waals surface area contributed by atoms with E-state index in [4.69, 9.17) is 7.73 Å². The number of rotatable bonds is 0. The Hall–Kier alpha value is -2.74. The highest BCUT2D eigenvalue weighted by Crippen LogP contribution is 2.38. The lowest BCUT2D eigenvalue weighted by Crippen LogP contribution is -2.06. The third-order valence-corrected chi connectivity index (χ3v) is 3.98. The van der Waals surface area contributed by atoms with Crippen molar-refractivity contribution in [1.29, 1.82) is 0 Å². The van der Waals surface area contributed by atoms with Gasteiger partial charge < -0.3 is 0 Å². The highest BCUT2D eigenvalue weighted by atomic mass is 14.8. The molecule has 0 amide bonds. The zero-order chi connectivity index (χ0) is 15.6. The van der Waals surface area contributed by atoms with Crippen molar-refractivity contribution in [3.8, 4) is 11.3 Å². The average Bonchev–Trinajstić information content (AvgIpc) is 2.58. The third-order valence-electron chi connectivity index (χ3n) is 3.98. The number of nitrogens with zero attached hydrogens (tertiary/aromatic N) is 2. The maximum absolute atomic E-state index is 8.66. The lowest BCUT2D eigenvalue weighted by Gasteiger charge is -2.19. The number of fused-ring (bicyclic) bond motifs is 3. The Morgan fingerprint density at radius 1 is 0.810 bits per heavy atom. The molecule has 1 aliphatic rings. The van der Waals surface area contributed by atoms with E-state index in [9.17, 15) is 0 Å². The van der Waals surface area contributed by atoms with E-state index < -0.39 is 6.37 Å². The highest BCUT2D eigenvalue weighted by Gasteiger charge is 2.20. The smallest absolute Gasteiger partial charge is 0.0934 e. The van der Waals surface area contributed by atoms with Gasteiger partial charge in [-0.15, -0.1) is 0 Å². The predicted molar refractivity (Wildman–Crippen MR) is 85.3 cm³/mol. The summed E-state index contributed by atoms with van der Waals surface area (Å²) >= 11 is 0. The second-order valence-corrected chi connectivity index (χ2v) is 5.24. The van der Waals surface area contributed by atoms with Crippen molar-refractivity contribution in [2.75, 3.05) is 0 Å². The monoisotopic (exact) mass is 270 g/mol. The first-order valence-corrected chi connectivity index (χ1v) is 6.96. The summed E-state index contributed by atoms with van der Waals surface area (Å²) in [7, 11) is 0. The van der Waals surface area contributed by atoms with Gasteiger partial charge in [0, 0.05) is 14.7 Å². The summed E-state index contributed by atoms with van der Waals surface area (Å²) in [5, 5.41) is 1.97. The summed E-state index contributed by atoms with van der Waals surface area (Å²) in [6.45, 7) is 0. The van der Waals surface area contributed by atoms with Crippen LogP contribution in [0.4, 0.5) is 0 Å². The topological polar surface area (TPSA) is 25.8 Å². The van der Waals surface area contributed by atoms with Gasteiger partial charge in [0.1, 0.15) is 0 Å². The van der Waals surface area contributed by atoms with E-state index in [1.54, 1.807) is 0 Å². The van der Waals surface area contributed by atoms with Gasteiger partial charge in [0.05, 0.1) is 22.4 Å². The number of para-hydroxylation sites is 2. The number of hydrogen-bond acceptors (Lipinski definition) is 2. The fourth-order valence-corrected chi connectivity index (χ4v) is 3.05. The first-order valence-electron chi connectivity index (χ1n) is 7.96. The predicted octanol–water partition coefficient (Wildman–Crippen LogP) is 4.35. The van der Waals surface area contributed by atoms with Gasteiger partial charge in [-0.25, -0.2) is 9.97 Å². The molecule has 0 radical (unpaired) electrons. The molecule has 0 N–H and O–H groups in total. The van der Waals surface area contributed by atoms with Crippen molar-refractivity contribution in [2.45, 2.75) is 6.37 Å². The number of hydrogen-bond donors (Lipinski definition) is 0. The van der Waals surface area contributed by atoms with E-state index in [1.807, 2.05) is 60.7 Å². The zero-order valence-corrected chi connectivity index (χ0v) is 11.2. The summed E-state index contributed by atoms with van der Waals surface area (Å²) in [6.07, 6.45) is -1.65. The number of aromatic nitrogens is 2. The van der Waals surface area contributed by atoms with Crippen LogP contribution in [0.5, 0.6) is 0 Å². The SMILES string of the molecule is [2H]C1([2H])c2nc3ccccc3nc2-c2cccc3cccc1c23. The van der Waals surface area contributed by atoms with Crippen LogP contribution in [0.3, 0.4) is 0 Å². The van der Waals surface area contributed by atoms with Gasteiger partial charge in [-0.3, -0.25) is 0 Å². The molecule has 21 heavy (non-hydrogen) atoms. The third kappa shape index (κ3) is 1.47. The van der Waals surface area contributed by atoms with Gasteiger partial charge in [-0.05, 0) is 28.5 Å². The van der Waals surface area contributed by atoms with Gasteiger partial charge >= 0.3 is 0 Å². The van der Waals surface area contributed by atoms with Gasteiger partial charge in [-0.1, -0.05) is 48.5 Å². The summed E-state index contributed by atoms with van der Waals surface area (Å²) in [5.41, 5.74) is 4.20. The van der Waals surface area contributed by atoms with Crippen LogP contribution in [-0.4, -0.2) is 9.97 Å². The first kappa shape index (κ1) is 9.24. The van der Waals surface area contributed by atoms with Crippen molar-refractivity contribution >= 4 is 21.8 Å². The molecule has 1 aromatic heterocycles. The van der Waals surface area contributed by atoms with Crippen LogP contribution in [0.25, 0.3) is 33.1 Å². The van der Waals surface area contributed by atoms with E-state index in [1.165, 1.54) is 0 Å². The fourth-order valence-electron chi connectivity index (χ4n) is 3.05. The molecule has 0 aliphatic heterocycles. The lowest BCUT2D eigenvalue weighted by molar-refractivity contribution is 1.07. The van der Waals surface area contributed by atoms with Gasteiger partial charge in [0.15, 0.2) is 0 Å². The van der Waals surface area contributed by atoms with E-state index in [-0.39, 0.29) is 0 Å². The minimum atomic E-state index is -1.65. The lowest BCUT2D eigenvalue weighted by atomic mass is 9.88. The van der Waals surface area contributed by atoms with Crippen molar-refractivity contribution in [3.63, 3.8) is 0 Å². The summed E-state index contributed by atoms with van der Waals surface area (Å²) in [5.74, 6) is 0. The van der Waals surface area contributed by atoms with Gasteiger partial charge in [0.2, 0.25) is 0 Å². The normalized spacial score (nSPS) is 16.4. The molecule has 0 bridgehead atoms. The van der Waals surface area contributed by atoms with Crippen LogP contribution < -0.4 is 0 Å². The Bertz CT molecular complexity index is 1100. The van der Waals surface area contributed by atoms with E-state index in [0.29, 0.717) is 17.0 Å². The molecule has 5 rings (SSSR count). The molecule has 0 saturated heterocycles. The standard InChI is InChI=1S/C19H12N2/c1-2-10-16-15(9-1)20-17-11-13-7-3-5-12-6-4-8-14(18(12)13)19(17)21-16/h1-10H,11H2/i11D2. The maximum atomic E-state index is 8.66. The molecule has 2 nitrogen and oxygen atoms in total. The molecule has 98 valence electrons. The quantitative estimate of drug-likeness (QED) is 0.474. The van der Waals surface area contributed by atoms with Gasteiger partial charge in [-0.2, -0.15) is 0 Å². The maximum Gasteiger partial charge on any atom is 0.0934 e. The molecule has 1 aliphatic carbocycles. The van der Waals surface area contributed by atoms with Crippen LogP contribution in [0.2, 0.25) is 0 Å². The van der Waals surface area contributed by atoms with E-state index >= 15 is 0 Å². The minimum Gasteiger partial charge on any atom is -0.249 e. The van der Waals surface area contributed by atoms with E-state index in [0.717, 1.165) is 27.4 Å². The first-order chi connectivity index (χ1) is 11.2. The summed E-state index contributed by atoms with van der Waals surface area (Å²) in [4.78, 5) is 9.35. The Balaban J connectivity index is 2.02. The van der Waals surface area contributed by atoms with Crippen LogP contribution >= 0.6 is 0 Å². The zero-order valence-electron chi connectivity index (χ0n) is 13.2. The molecule has 0 saturated carbocycles. The van der Waals surface area contributed by atoms with Crippen LogP contribution in [0.1, 0.15) is 14.0 Å². The average molecular weight is 270 g/mol. The second kappa shape index (κ2) is 3.89. The largest absolute Gasteiger partial charge is 0.249 e. The highest BCUT2D eigenvalue weighted by molar-refractivity contribution is 6.01. The van der Waals surface area contributed by atoms with E-state index in [2.05, 4.69) is 4.98 Å². The molecule has 1 heterocycles. The minimum absolute atomic E-state index is 0.405. The van der Waals surface area contributed by atoms with Crippen molar-refractivity contribution < 1.29 is 2.74 Å². The van der Waals surface area contributed by atoms with Crippen molar-refractivity contribution in [2.24, 2.45) is 0 Å². The summed E-state index contributed by atoms with van der Waals surface area (Å²) < 4.78 is 17.3. The Morgan fingerprint density at radius 2 is 1.57 bits per heavy atom. The molecule has 3 aromatic carbocycles. The van der Waals surface area contributed by atoms with Crippen molar-refractivity contribution in [1.82, 2.24) is 9.97 Å². The Kier molecular flexibility index (Phi) is 1.71. The molecule has 0 spiro atoms. The molecule has 0 atom stereocenters. The Morgan fingerprint density at radius 3 is 2.43 bits per heavy atom. The fraction of sp³-hybridized carbons (Fsp3) is 0.0526. The Labute approximate surface area is 124 Å². The molecule has 0 unspecified atom stereocenters. The molecular formula is C19H12N2. The summed E-state index contributed by atoms with van der Waals surface area (Å²) in [6, 6.07) is 19.4. The van der Waals surface area contributed by atoms with Gasteiger partial charge in [0.25, 0.3) is 0 Å². The van der Waals surface area contributed by atoms with Crippen LogP contribution in [0, 0.1) is 0 Å². The molecule has 2 heteroatoms. The molecular weight excluding hydrogens is 256 g/mol. The number of benzene rings is 3.